The molecule has 0 aliphatic rings. The molecular formula is C9H18B3NO2. The third-order valence-electron chi connectivity index (χ3n) is 1.56. The van der Waals surface area contributed by atoms with Crippen LogP contribution in [0.3, 0.4) is 0 Å². The molecule has 0 spiro atoms. The quantitative estimate of drug-likeness (QED) is 0.411. The number of nitrogens with one attached hydrogen (secondary N) is 1. The molecule has 0 bridgehead atoms. The first-order valence-corrected chi connectivity index (χ1v) is 5.22. The summed E-state index contributed by atoms with van der Waals surface area (Å²) in [7, 11) is 8.72. The molecular weight excluding hydrogens is 187 g/mol. The first-order chi connectivity index (χ1) is 7.27. The molecule has 0 unspecified atom stereocenters. The van der Waals surface area contributed by atoms with Crippen molar-refractivity contribution in [1.29, 1.82) is 0 Å². The van der Waals surface area contributed by atoms with Crippen molar-refractivity contribution in [1.82, 2.24) is 5.23 Å². The van der Waals surface area contributed by atoms with Crippen LogP contribution in [0.15, 0.2) is 12.1 Å². The van der Waals surface area contributed by atoms with Gasteiger partial charge in [-0.2, -0.15) is 0 Å². The minimum atomic E-state index is 0.406. The van der Waals surface area contributed by atoms with Gasteiger partial charge in [0.2, 0.25) is 7.41 Å². The number of rotatable bonds is 10. The molecule has 0 aliphatic carbocycles. The second-order valence-electron chi connectivity index (χ2n) is 3.43. The van der Waals surface area contributed by atoms with E-state index in [-0.39, 0.29) is 0 Å². The summed E-state index contributed by atoms with van der Waals surface area (Å²) in [6.45, 7) is 6.79. The highest BCUT2D eigenvalue weighted by Crippen LogP contribution is 1.96. The maximum Gasteiger partial charge on any atom is 0.281 e. The minimum Gasteiger partial charge on any atom is -0.454 e. The normalized spacial score (nSPS) is 11.1. The molecule has 0 aromatic carbocycles. The molecule has 0 heterocycles. The zero-order valence-corrected chi connectivity index (χ0v) is 9.61. The third kappa shape index (κ3) is 13.8. The largest absolute Gasteiger partial charge is 0.454 e. The van der Waals surface area contributed by atoms with Crippen molar-refractivity contribution in [3.63, 3.8) is 0 Å². The highest BCUT2D eigenvalue weighted by atomic mass is 16.5. The molecule has 1 N–H and O–H groups in total. The van der Waals surface area contributed by atoms with Crippen LogP contribution in [-0.4, -0.2) is 49.0 Å². The van der Waals surface area contributed by atoms with E-state index >= 15 is 0 Å². The lowest BCUT2D eigenvalue weighted by Crippen LogP contribution is -2.27. The van der Waals surface area contributed by atoms with E-state index in [4.69, 9.17) is 12.8 Å². The van der Waals surface area contributed by atoms with E-state index < -0.39 is 0 Å². The van der Waals surface area contributed by atoms with Crippen molar-refractivity contribution in [2.45, 2.75) is 19.7 Å². The van der Waals surface area contributed by atoms with Gasteiger partial charge in [-0.05, 0) is 0 Å². The highest BCUT2D eigenvalue weighted by Gasteiger charge is 1.91. The molecule has 0 aliphatic heterocycles. The fourth-order valence-corrected chi connectivity index (χ4v) is 0.848. The summed E-state index contributed by atoms with van der Waals surface area (Å²) in [5.74, 6) is 2.63. The maximum absolute atomic E-state index is 5.33. The Morgan fingerprint density at radius 1 is 1.47 bits per heavy atom. The molecule has 0 fully saturated rings. The van der Waals surface area contributed by atoms with Crippen molar-refractivity contribution in [3.05, 3.63) is 12.1 Å². The standard InChI is InChI=1S/C9H18B3NO2/c1-9(2)11-4-3-6-14-7-5-13-12-8-15-10/h3-4,9,13H,5-8H2,1-2H3/b4-3+. The number of hydrogen-bond acceptors (Lipinski definition) is 3. The Labute approximate surface area is 95.9 Å². The van der Waals surface area contributed by atoms with Crippen LogP contribution in [0.1, 0.15) is 13.8 Å². The molecule has 15 heavy (non-hydrogen) atoms. The predicted molar refractivity (Wildman–Crippen MR) is 66.3 cm³/mol. The van der Waals surface area contributed by atoms with Crippen molar-refractivity contribution in [2.24, 2.45) is 0 Å². The molecule has 0 saturated carbocycles. The third-order valence-corrected chi connectivity index (χ3v) is 1.56. The van der Waals surface area contributed by atoms with Crippen LogP contribution in [0.25, 0.3) is 0 Å². The Balaban J connectivity index is 3.01. The first kappa shape index (κ1) is 14.8. The van der Waals surface area contributed by atoms with Crippen molar-refractivity contribution in [2.75, 3.05) is 26.3 Å². The van der Waals surface area contributed by atoms with E-state index in [0.29, 0.717) is 25.5 Å². The molecule has 0 saturated heterocycles. The second kappa shape index (κ2) is 11.9. The average Bonchev–Trinajstić information content (AvgIpc) is 2.20. The summed E-state index contributed by atoms with van der Waals surface area (Å²) >= 11 is 0. The number of hydrogen-bond donors (Lipinski definition) is 1. The van der Waals surface area contributed by atoms with E-state index in [2.05, 4.69) is 31.0 Å². The van der Waals surface area contributed by atoms with Crippen LogP contribution >= 0.6 is 0 Å². The molecule has 3 nitrogen and oxygen atoms in total. The fraction of sp³-hybridized carbons (Fsp3) is 0.778. The van der Waals surface area contributed by atoms with E-state index in [1.54, 1.807) is 7.41 Å². The average molecular weight is 205 g/mol. The lowest BCUT2D eigenvalue weighted by molar-refractivity contribution is 0.168. The molecule has 0 aromatic rings. The summed E-state index contributed by atoms with van der Waals surface area (Å²) < 4.78 is 9.68. The molecule has 0 aromatic heterocycles. The van der Waals surface area contributed by atoms with Gasteiger partial charge in [-0.3, -0.25) is 0 Å². The van der Waals surface area contributed by atoms with E-state index in [1.165, 1.54) is 0 Å². The fourth-order valence-electron chi connectivity index (χ4n) is 0.848. The smallest absolute Gasteiger partial charge is 0.281 e. The second-order valence-corrected chi connectivity index (χ2v) is 3.43. The molecule has 6 heteroatoms. The van der Waals surface area contributed by atoms with Gasteiger partial charge >= 0.3 is 0 Å². The van der Waals surface area contributed by atoms with Crippen LogP contribution in [0, 0.1) is 0 Å². The Morgan fingerprint density at radius 2 is 2.27 bits per heavy atom. The van der Waals surface area contributed by atoms with Crippen LogP contribution in [0.2, 0.25) is 5.82 Å². The highest BCUT2D eigenvalue weighted by molar-refractivity contribution is 6.43. The van der Waals surface area contributed by atoms with Gasteiger partial charge in [-0.1, -0.05) is 25.7 Å². The Bertz CT molecular complexity index is 156. The molecule has 0 amide bonds. The van der Waals surface area contributed by atoms with Gasteiger partial charge in [0.15, 0.2) is 0 Å². The Kier molecular flexibility index (Phi) is 11.7. The van der Waals surface area contributed by atoms with Crippen molar-refractivity contribution in [3.8, 4) is 0 Å². The van der Waals surface area contributed by atoms with Crippen LogP contribution in [-0.2, 0) is 9.39 Å². The van der Waals surface area contributed by atoms with Crippen molar-refractivity contribution >= 4 is 22.7 Å². The summed E-state index contributed by atoms with van der Waals surface area (Å²) in [4.78, 5) is 0. The van der Waals surface area contributed by atoms with E-state index in [0.717, 1.165) is 6.54 Å². The van der Waals surface area contributed by atoms with Gasteiger partial charge in [0, 0.05) is 13.1 Å². The monoisotopic (exact) mass is 205 g/mol. The lowest BCUT2D eigenvalue weighted by Gasteiger charge is -2.02. The molecule has 0 atom stereocenters. The summed E-state index contributed by atoms with van der Waals surface area (Å²) in [5, 5.41) is 3.01. The van der Waals surface area contributed by atoms with Gasteiger partial charge in [0.25, 0.3) is 8.05 Å². The summed E-state index contributed by atoms with van der Waals surface area (Å²) in [6.07, 6.45) is 2.01. The van der Waals surface area contributed by atoms with E-state index in [1.807, 2.05) is 12.1 Å². The lowest BCUT2D eigenvalue weighted by atomic mass is 9.66. The van der Waals surface area contributed by atoms with E-state index in [9.17, 15) is 0 Å². The van der Waals surface area contributed by atoms with Gasteiger partial charge < -0.3 is 14.6 Å². The zero-order chi connectivity index (χ0) is 11.4. The molecule has 0 rings (SSSR count). The SMILES string of the molecule is [B]OC[B]NCCOC/C=C/[B]C(C)C. The predicted octanol–water partition coefficient (Wildman–Crippen LogP) is 0.316. The van der Waals surface area contributed by atoms with Gasteiger partial charge in [0.1, 0.15) is 7.28 Å². The van der Waals surface area contributed by atoms with Gasteiger partial charge in [-0.15, -0.1) is 5.98 Å². The summed E-state index contributed by atoms with van der Waals surface area (Å²) in [5.41, 5.74) is 0. The zero-order valence-electron chi connectivity index (χ0n) is 9.61. The summed E-state index contributed by atoms with van der Waals surface area (Å²) in [6, 6.07) is 0. The number of ether oxygens (including phenoxy) is 1. The molecule has 4 radical (unpaired) electrons. The Morgan fingerprint density at radius 3 is 2.93 bits per heavy atom. The van der Waals surface area contributed by atoms with Crippen LogP contribution in [0.4, 0.5) is 0 Å². The van der Waals surface area contributed by atoms with Gasteiger partial charge in [0.05, 0.1) is 13.2 Å². The molecule has 80 valence electrons. The Hall–Kier alpha value is -0.185. The topological polar surface area (TPSA) is 30.5 Å². The van der Waals surface area contributed by atoms with Gasteiger partial charge in [-0.25, -0.2) is 0 Å². The first-order valence-electron chi connectivity index (χ1n) is 5.22. The maximum atomic E-state index is 5.33. The van der Waals surface area contributed by atoms with Crippen molar-refractivity contribution < 1.29 is 9.39 Å². The van der Waals surface area contributed by atoms with Crippen LogP contribution in [0.5, 0.6) is 0 Å². The minimum absolute atomic E-state index is 0.406. The van der Waals surface area contributed by atoms with Crippen LogP contribution < -0.4 is 5.23 Å².